The predicted molar refractivity (Wildman–Crippen MR) is 66.8 cm³/mol. The second kappa shape index (κ2) is 10.8. The standard InChI is InChI=1S/C10H20NO.C2H6N.2Y/c1-9(2)6-8(12-5)7-10(3,4)11-9;1-3-2;;/h8H,6-7H2,1-5H3;1-2H3;;/q2*-1;;. The van der Waals surface area contributed by atoms with Gasteiger partial charge in [-0.3, -0.25) is 0 Å². The van der Waals surface area contributed by atoms with E-state index in [1.807, 2.05) is 0 Å². The average Bonchev–Trinajstić information content (AvgIpc) is 1.99. The molecule has 0 atom stereocenters. The quantitative estimate of drug-likeness (QED) is 0.675. The first-order chi connectivity index (χ1) is 6.76. The van der Waals surface area contributed by atoms with Crippen molar-refractivity contribution in [3.05, 3.63) is 10.6 Å². The molecule has 1 aliphatic rings. The first kappa shape index (κ1) is 24.1. The molecule has 17 heavy (non-hydrogen) atoms. The van der Waals surface area contributed by atoms with Gasteiger partial charge in [0, 0.05) is 72.5 Å². The van der Waals surface area contributed by atoms with E-state index in [4.69, 9.17) is 10.1 Å². The number of hydrogen-bond acceptors (Lipinski definition) is 1. The third kappa shape index (κ3) is 11.6. The molecule has 1 fully saturated rings. The Morgan fingerprint density at radius 2 is 1.29 bits per heavy atom. The smallest absolute Gasteiger partial charge is 0.0548 e. The molecule has 0 amide bonds. The molecule has 0 aromatic heterocycles. The van der Waals surface area contributed by atoms with E-state index in [0.29, 0.717) is 6.10 Å². The van der Waals surface area contributed by atoms with E-state index in [2.05, 4.69) is 33.0 Å². The summed E-state index contributed by atoms with van der Waals surface area (Å²) in [5, 5.41) is 8.26. The molecule has 0 aliphatic carbocycles. The van der Waals surface area contributed by atoms with E-state index < -0.39 is 0 Å². The molecule has 1 rings (SSSR count). The molecule has 0 aromatic rings. The Morgan fingerprint density at radius 3 is 1.53 bits per heavy atom. The number of rotatable bonds is 1. The van der Waals surface area contributed by atoms with Crippen molar-refractivity contribution >= 4 is 0 Å². The summed E-state index contributed by atoms with van der Waals surface area (Å²) in [6.45, 7) is 8.72. The van der Waals surface area contributed by atoms with Crippen LogP contribution in [0.4, 0.5) is 0 Å². The van der Waals surface area contributed by atoms with Crippen molar-refractivity contribution in [1.82, 2.24) is 0 Å². The zero-order valence-electron chi connectivity index (χ0n) is 12.4. The molecule has 1 saturated heterocycles. The fraction of sp³-hybridized carbons (Fsp3) is 1.00. The fourth-order valence-corrected chi connectivity index (χ4v) is 2.26. The van der Waals surface area contributed by atoms with E-state index in [9.17, 15) is 0 Å². The maximum atomic E-state index is 5.40. The van der Waals surface area contributed by atoms with E-state index in [1.54, 1.807) is 21.2 Å². The van der Waals surface area contributed by atoms with Crippen LogP contribution >= 0.6 is 0 Å². The summed E-state index contributed by atoms with van der Waals surface area (Å²) in [6.07, 6.45) is 2.48. The molecule has 0 N–H and O–H groups in total. The Balaban J connectivity index is -0.000000356. The van der Waals surface area contributed by atoms with Crippen LogP contribution in [0.5, 0.6) is 0 Å². The molecule has 0 spiro atoms. The minimum atomic E-state index is 0. The second-order valence-electron chi connectivity index (χ2n) is 5.45. The molecule has 0 saturated carbocycles. The molecule has 98 valence electrons. The van der Waals surface area contributed by atoms with Crippen molar-refractivity contribution in [1.29, 1.82) is 0 Å². The van der Waals surface area contributed by atoms with Gasteiger partial charge in [0.15, 0.2) is 0 Å². The van der Waals surface area contributed by atoms with E-state index >= 15 is 0 Å². The minimum absolute atomic E-state index is 0. The van der Waals surface area contributed by atoms with Gasteiger partial charge in [0.2, 0.25) is 0 Å². The van der Waals surface area contributed by atoms with Gasteiger partial charge in [0.25, 0.3) is 0 Å². The monoisotopic (exact) mass is 392 g/mol. The van der Waals surface area contributed by atoms with Gasteiger partial charge in [0.1, 0.15) is 0 Å². The molecule has 1 aliphatic heterocycles. The van der Waals surface area contributed by atoms with E-state index in [0.717, 1.165) is 12.8 Å². The zero-order chi connectivity index (χ0) is 12.1. The fourth-order valence-electron chi connectivity index (χ4n) is 2.26. The van der Waals surface area contributed by atoms with Crippen LogP contribution in [0, 0.1) is 0 Å². The summed E-state index contributed by atoms with van der Waals surface area (Å²) in [6, 6.07) is 0. The van der Waals surface area contributed by atoms with Crippen LogP contribution in [-0.4, -0.2) is 38.4 Å². The number of ether oxygens (including phenoxy) is 1. The summed E-state index contributed by atoms with van der Waals surface area (Å²) in [5.41, 5.74) is 0.171. The van der Waals surface area contributed by atoms with Gasteiger partial charge < -0.3 is 15.4 Å². The van der Waals surface area contributed by atoms with Crippen molar-refractivity contribution in [2.24, 2.45) is 0 Å². The molecule has 3 nitrogen and oxygen atoms in total. The molecular weight excluding hydrogens is 366 g/mol. The van der Waals surface area contributed by atoms with Crippen LogP contribution < -0.4 is 0 Å². The maximum Gasteiger partial charge on any atom is 0.0548 e. The molecule has 0 unspecified atom stereocenters. The predicted octanol–water partition coefficient (Wildman–Crippen LogP) is 3.34. The third-order valence-electron chi connectivity index (χ3n) is 2.39. The van der Waals surface area contributed by atoms with Crippen molar-refractivity contribution in [3.63, 3.8) is 0 Å². The van der Waals surface area contributed by atoms with Gasteiger partial charge >= 0.3 is 0 Å². The number of hydrogen-bond donors (Lipinski definition) is 0. The van der Waals surface area contributed by atoms with Crippen molar-refractivity contribution in [2.75, 3.05) is 21.2 Å². The summed E-state index contributed by atoms with van der Waals surface area (Å²) in [5.74, 6) is 0. The Bertz CT molecular complexity index is 171. The molecule has 5 heteroatoms. The van der Waals surface area contributed by atoms with Gasteiger partial charge in [-0.1, -0.05) is 27.7 Å². The topological polar surface area (TPSA) is 37.4 Å². The Labute approximate surface area is 158 Å². The SMILES string of the molecule is COC1CC(C)(C)[N-]C(C)(C)C1.C[N-]C.[Y].[Y]. The molecule has 2 radical (unpaired) electrons. The minimum Gasteiger partial charge on any atom is -0.668 e. The summed E-state index contributed by atoms with van der Waals surface area (Å²) >= 11 is 0. The maximum absolute atomic E-state index is 5.40. The number of methoxy groups -OCH3 is 1. The molecule has 0 aromatic carbocycles. The van der Waals surface area contributed by atoms with Gasteiger partial charge in [-0.05, 0) is 12.8 Å². The van der Waals surface area contributed by atoms with Crippen molar-refractivity contribution in [3.8, 4) is 0 Å². The Hall–Kier alpha value is 2.09. The van der Waals surface area contributed by atoms with Crippen molar-refractivity contribution in [2.45, 2.75) is 57.7 Å². The summed E-state index contributed by atoms with van der Waals surface area (Å²) in [4.78, 5) is 0. The molecule has 0 bridgehead atoms. The zero-order valence-corrected chi connectivity index (χ0v) is 18.1. The van der Waals surface area contributed by atoms with Crippen LogP contribution in [0.1, 0.15) is 40.5 Å². The molecule has 1 heterocycles. The Kier molecular flexibility index (Phi) is 15.4. The largest absolute Gasteiger partial charge is 0.668 e. The number of piperidine rings is 1. The van der Waals surface area contributed by atoms with Crippen LogP contribution in [0.25, 0.3) is 10.6 Å². The first-order valence-electron chi connectivity index (χ1n) is 5.51. The van der Waals surface area contributed by atoms with Gasteiger partial charge in [-0.2, -0.15) is 14.1 Å². The summed E-state index contributed by atoms with van der Waals surface area (Å²) < 4.78 is 5.40. The number of nitrogens with zero attached hydrogens (tertiary/aromatic N) is 2. The van der Waals surface area contributed by atoms with Gasteiger partial charge in [0.05, 0.1) is 6.10 Å². The van der Waals surface area contributed by atoms with E-state index in [-0.39, 0.29) is 76.5 Å². The van der Waals surface area contributed by atoms with Gasteiger partial charge in [-0.25, -0.2) is 0 Å². The van der Waals surface area contributed by atoms with Gasteiger partial charge in [-0.15, -0.1) is 11.1 Å². The third-order valence-corrected chi connectivity index (χ3v) is 2.39. The van der Waals surface area contributed by atoms with Crippen molar-refractivity contribution < 1.29 is 70.2 Å². The second-order valence-corrected chi connectivity index (χ2v) is 5.45. The van der Waals surface area contributed by atoms with Crippen LogP contribution in [0.15, 0.2) is 0 Å². The van der Waals surface area contributed by atoms with Crippen LogP contribution in [0.3, 0.4) is 0 Å². The van der Waals surface area contributed by atoms with Crippen LogP contribution in [0.2, 0.25) is 0 Å². The normalized spacial score (nSPS) is 21.4. The van der Waals surface area contributed by atoms with E-state index in [1.165, 1.54) is 0 Å². The van der Waals surface area contributed by atoms with Crippen LogP contribution in [-0.2, 0) is 70.2 Å². The average molecular weight is 392 g/mol. The summed E-state index contributed by atoms with van der Waals surface area (Å²) in [7, 11) is 5.29. The first-order valence-corrected chi connectivity index (χ1v) is 5.51. The molecular formula is C12H26N2OY2-2. The Morgan fingerprint density at radius 1 is 1.00 bits per heavy atom.